The Balaban J connectivity index is 3.21. The fourth-order valence-electron chi connectivity index (χ4n) is 1.64. The summed E-state index contributed by atoms with van der Waals surface area (Å²) in [6.45, 7) is 5.73. The molecular weight excluding hydrogens is 210 g/mol. The molecule has 1 aromatic rings. The first-order valence-corrected chi connectivity index (χ1v) is 5.58. The highest BCUT2D eigenvalue weighted by Gasteiger charge is 2.04. The van der Waals surface area contributed by atoms with Gasteiger partial charge in [-0.15, -0.1) is 0 Å². The molecule has 0 saturated heterocycles. The van der Waals surface area contributed by atoms with Crippen molar-refractivity contribution < 1.29 is 4.74 Å². The minimum atomic E-state index is 0.842. The summed E-state index contributed by atoms with van der Waals surface area (Å²) in [5.41, 5.74) is 3.24. The maximum atomic E-state index is 5.27. The van der Waals surface area contributed by atoms with E-state index in [4.69, 9.17) is 4.74 Å². The van der Waals surface area contributed by atoms with Crippen molar-refractivity contribution in [2.45, 2.75) is 6.92 Å². The van der Waals surface area contributed by atoms with E-state index in [2.05, 4.69) is 24.0 Å². The molecule has 0 unspecified atom stereocenters. The molecule has 0 atom stereocenters. The zero-order valence-electron chi connectivity index (χ0n) is 10.7. The second kappa shape index (κ2) is 6.59. The first kappa shape index (κ1) is 13.1. The van der Waals surface area contributed by atoms with Gasteiger partial charge >= 0.3 is 0 Å². The van der Waals surface area contributed by atoms with Gasteiger partial charge in [0.1, 0.15) is 5.75 Å². The fourth-order valence-corrected chi connectivity index (χ4v) is 1.64. The van der Waals surface area contributed by atoms with E-state index < -0.39 is 0 Å². The molecule has 1 aromatic carbocycles. The third-order valence-corrected chi connectivity index (χ3v) is 2.45. The first-order chi connectivity index (χ1) is 8.26. The van der Waals surface area contributed by atoms with Crippen molar-refractivity contribution in [1.29, 1.82) is 0 Å². The standard InChI is InChI=1S/C15H19NO/c1-5-7-12(8-6-2)13-9-10-15(17-4)14(11-13)16-3/h5-11,16H,1H2,2-4H3/b8-6-,12-7+. The van der Waals surface area contributed by atoms with Crippen LogP contribution < -0.4 is 10.1 Å². The van der Waals surface area contributed by atoms with E-state index in [0.29, 0.717) is 0 Å². The lowest BCUT2D eigenvalue weighted by atomic mass is 10.0. The molecule has 2 nitrogen and oxygen atoms in total. The van der Waals surface area contributed by atoms with Crippen molar-refractivity contribution in [2.24, 2.45) is 0 Å². The van der Waals surface area contributed by atoms with Crippen molar-refractivity contribution >= 4 is 11.3 Å². The summed E-state index contributed by atoms with van der Waals surface area (Å²) in [5.74, 6) is 0.842. The van der Waals surface area contributed by atoms with Crippen LogP contribution in [0.3, 0.4) is 0 Å². The topological polar surface area (TPSA) is 21.3 Å². The van der Waals surface area contributed by atoms with Gasteiger partial charge in [-0.05, 0) is 30.2 Å². The van der Waals surface area contributed by atoms with Gasteiger partial charge in [-0.2, -0.15) is 0 Å². The third kappa shape index (κ3) is 3.25. The van der Waals surface area contributed by atoms with Crippen LogP contribution in [-0.2, 0) is 0 Å². The molecule has 0 aromatic heterocycles. The lowest BCUT2D eigenvalue weighted by Gasteiger charge is -2.10. The Kier molecular flexibility index (Phi) is 5.08. The molecule has 0 aliphatic heterocycles. The van der Waals surface area contributed by atoms with E-state index in [9.17, 15) is 0 Å². The normalized spacial score (nSPS) is 11.6. The number of nitrogens with one attached hydrogen (secondary N) is 1. The maximum Gasteiger partial charge on any atom is 0.141 e. The van der Waals surface area contributed by atoms with E-state index in [1.807, 2.05) is 38.3 Å². The molecule has 1 N–H and O–H groups in total. The smallest absolute Gasteiger partial charge is 0.141 e. The van der Waals surface area contributed by atoms with Gasteiger partial charge in [0.2, 0.25) is 0 Å². The fraction of sp³-hybridized carbons (Fsp3) is 0.200. The average Bonchev–Trinajstić information content (AvgIpc) is 2.37. The second-order valence-electron chi connectivity index (χ2n) is 3.52. The molecule has 2 heteroatoms. The molecule has 0 aliphatic carbocycles. The summed E-state index contributed by atoms with van der Waals surface area (Å²) >= 11 is 0. The predicted molar refractivity (Wildman–Crippen MR) is 75.5 cm³/mol. The minimum Gasteiger partial charge on any atom is -0.495 e. The van der Waals surface area contributed by atoms with E-state index in [0.717, 1.165) is 22.6 Å². The van der Waals surface area contributed by atoms with Crippen LogP contribution in [0, 0.1) is 0 Å². The van der Waals surface area contributed by atoms with Gasteiger partial charge in [-0.3, -0.25) is 0 Å². The van der Waals surface area contributed by atoms with Gasteiger partial charge in [0.05, 0.1) is 12.8 Å². The number of methoxy groups -OCH3 is 1. The van der Waals surface area contributed by atoms with Crippen molar-refractivity contribution in [1.82, 2.24) is 0 Å². The van der Waals surface area contributed by atoms with Gasteiger partial charge < -0.3 is 10.1 Å². The van der Waals surface area contributed by atoms with Crippen LogP contribution in [0.1, 0.15) is 12.5 Å². The van der Waals surface area contributed by atoms with Gasteiger partial charge in [-0.1, -0.05) is 36.9 Å². The van der Waals surface area contributed by atoms with Crippen LogP contribution in [0.5, 0.6) is 5.75 Å². The number of benzene rings is 1. The van der Waals surface area contributed by atoms with E-state index in [-0.39, 0.29) is 0 Å². The quantitative estimate of drug-likeness (QED) is 0.774. The Hall–Kier alpha value is -1.96. The molecule has 0 saturated carbocycles. The van der Waals surface area contributed by atoms with E-state index >= 15 is 0 Å². The van der Waals surface area contributed by atoms with Crippen LogP contribution in [0.4, 0.5) is 5.69 Å². The number of anilines is 1. The highest BCUT2D eigenvalue weighted by atomic mass is 16.5. The van der Waals surface area contributed by atoms with Crippen molar-refractivity contribution in [3.63, 3.8) is 0 Å². The summed E-state index contributed by atoms with van der Waals surface area (Å²) in [6.07, 6.45) is 7.85. The van der Waals surface area contributed by atoms with Crippen LogP contribution in [0.25, 0.3) is 5.57 Å². The van der Waals surface area contributed by atoms with Gasteiger partial charge in [0, 0.05) is 7.05 Å². The lowest BCUT2D eigenvalue weighted by molar-refractivity contribution is 0.416. The molecule has 0 aliphatic rings. The van der Waals surface area contributed by atoms with Crippen LogP contribution in [0.15, 0.2) is 49.1 Å². The van der Waals surface area contributed by atoms with Crippen LogP contribution in [0.2, 0.25) is 0 Å². The van der Waals surface area contributed by atoms with Crippen molar-refractivity contribution in [3.05, 3.63) is 54.6 Å². The Bertz CT molecular complexity index is 444. The Labute approximate surface area is 103 Å². The van der Waals surface area contributed by atoms with Crippen LogP contribution in [-0.4, -0.2) is 14.2 Å². The van der Waals surface area contributed by atoms with Gasteiger partial charge in [-0.25, -0.2) is 0 Å². The van der Waals surface area contributed by atoms with Gasteiger partial charge in [0.25, 0.3) is 0 Å². The van der Waals surface area contributed by atoms with E-state index in [1.165, 1.54) is 0 Å². The molecule has 90 valence electrons. The SMILES string of the molecule is C=C/C=C(\C=C/C)c1ccc(OC)c(NC)c1. The van der Waals surface area contributed by atoms with E-state index in [1.54, 1.807) is 13.2 Å². The molecular formula is C15H19NO. The number of allylic oxidation sites excluding steroid dienone is 5. The highest BCUT2D eigenvalue weighted by molar-refractivity contribution is 5.78. The van der Waals surface area contributed by atoms with Crippen LogP contribution >= 0.6 is 0 Å². The monoisotopic (exact) mass is 229 g/mol. The summed E-state index contributed by atoms with van der Waals surface area (Å²) < 4.78 is 5.27. The summed E-state index contributed by atoms with van der Waals surface area (Å²) in [7, 11) is 3.55. The number of hydrogen-bond acceptors (Lipinski definition) is 2. The minimum absolute atomic E-state index is 0.842. The molecule has 17 heavy (non-hydrogen) atoms. The number of rotatable bonds is 5. The largest absolute Gasteiger partial charge is 0.495 e. The Morgan fingerprint density at radius 2 is 2.18 bits per heavy atom. The summed E-state index contributed by atoms with van der Waals surface area (Å²) in [4.78, 5) is 0. The number of ether oxygens (including phenoxy) is 1. The Morgan fingerprint density at radius 1 is 1.41 bits per heavy atom. The second-order valence-corrected chi connectivity index (χ2v) is 3.52. The van der Waals surface area contributed by atoms with Crippen molar-refractivity contribution in [3.8, 4) is 5.75 Å². The molecule has 1 rings (SSSR count). The zero-order chi connectivity index (χ0) is 12.7. The average molecular weight is 229 g/mol. The maximum absolute atomic E-state index is 5.27. The highest BCUT2D eigenvalue weighted by Crippen LogP contribution is 2.28. The molecule has 0 spiro atoms. The predicted octanol–water partition coefficient (Wildman–Crippen LogP) is 3.88. The third-order valence-electron chi connectivity index (χ3n) is 2.45. The Morgan fingerprint density at radius 3 is 2.71 bits per heavy atom. The van der Waals surface area contributed by atoms with Crippen molar-refractivity contribution in [2.75, 3.05) is 19.5 Å². The lowest BCUT2D eigenvalue weighted by Crippen LogP contribution is -1.94. The summed E-state index contributed by atoms with van der Waals surface area (Å²) in [6, 6.07) is 6.06. The molecule has 0 heterocycles. The zero-order valence-corrected chi connectivity index (χ0v) is 10.7. The number of hydrogen-bond donors (Lipinski definition) is 1. The molecule has 0 radical (unpaired) electrons. The van der Waals surface area contributed by atoms with Gasteiger partial charge in [0.15, 0.2) is 0 Å². The molecule has 0 fully saturated rings. The summed E-state index contributed by atoms with van der Waals surface area (Å²) in [5, 5.41) is 3.12. The molecule has 0 amide bonds. The first-order valence-electron chi connectivity index (χ1n) is 5.58. The molecule has 0 bridgehead atoms.